The molecular formula is C12H13N3O. The molecule has 0 aromatic heterocycles. The fourth-order valence-electron chi connectivity index (χ4n) is 1.32. The van der Waals surface area contributed by atoms with E-state index in [1.807, 2.05) is 36.4 Å². The van der Waals surface area contributed by atoms with Crippen LogP contribution in [0.3, 0.4) is 0 Å². The first-order valence-corrected chi connectivity index (χ1v) is 4.88. The maximum absolute atomic E-state index is 5.62. The van der Waals surface area contributed by atoms with Crippen molar-refractivity contribution in [3.05, 3.63) is 48.5 Å². The van der Waals surface area contributed by atoms with Gasteiger partial charge in [-0.1, -0.05) is 6.07 Å². The highest BCUT2D eigenvalue weighted by Crippen LogP contribution is 2.24. The summed E-state index contributed by atoms with van der Waals surface area (Å²) < 4.78 is 5.62. The van der Waals surface area contributed by atoms with E-state index >= 15 is 0 Å². The largest absolute Gasteiger partial charge is 0.457 e. The number of ether oxygens (including phenoxy) is 1. The Hall–Kier alpha value is -2.20. The molecule has 2 aromatic carbocycles. The SMILES string of the molecule is NNc1cccc(Oc2ccc(N)cc2)c1. The molecule has 82 valence electrons. The molecule has 2 aromatic rings. The van der Waals surface area contributed by atoms with Gasteiger partial charge >= 0.3 is 0 Å². The average molecular weight is 215 g/mol. The topological polar surface area (TPSA) is 73.3 Å². The first-order valence-electron chi connectivity index (χ1n) is 4.88. The van der Waals surface area contributed by atoms with Gasteiger partial charge in [-0.2, -0.15) is 0 Å². The number of anilines is 2. The Bertz CT molecular complexity index is 468. The third-order valence-electron chi connectivity index (χ3n) is 2.12. The quantitative estimate of drug-likeness (QED) is 0.417. The van der Waals surface area contributed by atoms with E-state index in [4.69, 9.17) is 16.3 Å². The highest BCUT2D eigenvalue weighted by molar-refractivity contribution is 5.49. The molecule has 0 aliphatic heterocycles. The van der Waals surface area contributed by atoms with Gasteiger partial charge in [0.25, 0.3) is 0 Å². The molecule has 0 amide bonds. The molecule has 0 spiro atoms. The third-order valence-corrected chi connectivity index (χ3v) is 2.12. The first kappa shape index (κ1) is 10.3. The minimum atomic E-state index is 0.713. The predicted octanol–water partition coefficient (Wildman–Crippen LogP) is 2.35. The van der Waals surface area contributed by atoms with E-state index in [0.717, 1.165) is 17.2 Å². The summed E-state index contributed by atoms with van der Waals surface area (Å²) in [5.41, 5.74) is 9.66. The van der Waals surface area contributed by atoms with E-state index in [1.165, 1.54) is 0 Å². The second kappa shape index (κ2) is 4.55. The van der Waals surface area contributed by atoms with Crippen molar-refractivity contribution in [2.45, 2.75) is 0 Å². The summed E-state index contributed by atoms with van der Waals surface area (Å²) >= 11 is 0. The van der Waals surface area contributed by atoms with Gasteiger partial charge in [-0.25, -0.2) is 0 Å². The lowest BCUT2D eigenvalue weighted by Crippen LogP contribution is -2.06. The second-order valence-corrected chi connectivity index (χ2v) is 3.34. The van der Waals surface area contributed by atoms with Crippen molar-refractivity contribution in [3.8, 4) is 11.5 Å². The molecule has 4 heteroatoms. The van der Waals surface area contributed by atoms with Crippen LogP contribution in [0.15, 0.2) is 48.5 Å². The lowest BCUT2D eigenvalue weighted by Gasteiger charge is -2.07. The van der Waals surface area contributed by atoms with Crippen LogP contribution in [0.25, 0.3) is 0 Å². The van der Waals surface area contributed by atoms with Gasteiger partial charge in [-0.05, 0) is 36.4 Å². The molecule has 0 atom stereocenters. The molecule has 0 saturated heterocycles. The smallest absolute Gasteiger partial charge is 0.129 e. The summed E-state index contributed by atoms with van der Waals surface area (Å²) in [4.78, 5) is 0. The Labute approximate surface area is 93.8 Å². The molecule has 5 N–H and O–H groups in total. The molecule has 0 radical (unpaired) electrons. The van der Waals surface area contributed by atoms with Gasteiger partial charge < -0.3 is 15.9 Å². The van der Waals surface area contributed by atoms with E-state index in [9.17, 15) is 0 Å². The lowest BCUT2D eigenvalue weighted by atomic mass is 10.3. The predicted molar refractivity (Wildman–Crippen MR) is 65.2 cm³/mol. The number of hydrogen-bond acceptors (Lipinski definition) is 4. The molecular weight excluding hydrogens is 202 g/mol. The number of nitrogens with one attached hydrogen (secondary N) is 1. The number of benzene rings is 2. The van der Waals surface area contributed by atoms with E-state index in [1.54, 1.807) is 12.1 Å². The average Bonchev–Trinajstić information content (AvgIpc) is 2.32. The Morgan fingerprint density at radius 2 is 1.69 bits per heavy atom. The highest BCUT2D eigenvalue weighted by Gasteiger charge is 1.97. The molecule has 0 fully saturated rings. The fraction of sp³-hybridized carbons (Fsp3) is 0. The molecule has 16 heavy (non-hydrogen) atoms. The zero-order valence-corrected chi connectivity index (χ0v) is 8.68. The summed E-state index contributed by atoms with van der Waals surface area (Å²) in [6, 6.07) is 14.6. The van der Waals surface area contributed by atoms with Gasteiger partial charge in [0.05, 0.1) is 5.69 Å². The molecule has 4 nitrogen and oxygen atoms in total. The van der Waals surface area contributed by atoms with Crippen LogP contribution in [0.1, 0.15) is 0 Å². The Kier molecular flexibility index (Phi) is 2.93. The van der Waals surface area contributed by atoms with Gasteiger partial charge in [0.2, 0.25) is 0 Å². The number of hydrogen-bond donors (Lipinski definition) is 3. The normalized spacial score (nSPS) is 9.81. The van der Waals surface area contributed by atoms with Crippen LogP contribution in [0.2, 0.25) is 0 Å². The van der Waals surface area contributed by atoms with Crippen molar-refractivity contribution in [3.63, 3.8) is 0 Å². The van der Waals surface area contributed by atoms with Gasteiger partial charge in [0.1, 0.15) is 11.5 Å². The molecule has 0 aliphatic rings. The standard InChI is InChI=1S/C12H13N3O/c13-9-4-6-11(7-5-9)16-12-3-1-2-10(8-12)15-14/h1-8,15H,13-14H2. The molecule has 0 saturated carbocycles. The van der Waals surface area contributed by atoms with Gasteiger partial charge in [0.15, 0.2) is 0 Å². The number of nitrogens with two attached hydrogens (primary N) is 2. The Morgan fingerprint density at radius 1 is 0.938 bits per heavy atom. The van der Waals surface area contributed by atoms with E-state index in [2.05, 4.69) is 5.43 Å². The molecule has 0 aliphatic carbocycles. The van der Waals surface area contributed by atoms with Crippen molar-refractivity contribution < 1.29 is 4.74 Å². The molecule has 0 unspecified atom stereocenters. The Balaban J connectivity index is 2.16. The van der Waals surface area contributed by atoms with Crippen LogP contribution in [-0.4, -0.2) is 0 Å². The van der Waals surface area contributed by atoms with E-state index < -0.39 is 0 Å². The molecule has 0 heterocycles. The van der Waals surface area contributed by atoms with Crippen LogP contribution in [0.5, 0.6) is 11.5 Å². The van der Waals surface area contributed by atoms with Gasteiger partial charge in [0, 0.05) is 11.8 Å². The van der Waals surface area contributed by atoms with Crippen molar-refractivity contribution in [2.75, 3.05) is 11.2 Å². The van der Waals surface area contributed by atoms with Crippen LogP contribution >= 0.6 is 0 Å². The minimum Gasteiger partial charge on any atom is -0.457 e. The zero-order chi connectivity index (χ0) is 11.4. The number of nitrogen functional groups attached to an aromatic ring is 2. The summed E-state index contributed by atoms with van der Waals surface area (Å²) in [5, 5.41) is 0. The van der Waals surface area contributed by atoms with E-state index in [-0.39, 0.29) is 0 Å². The van der Waals surface area contributed by atoms with Crippen molar-refractivity contribution in [2.24, 2.45) is 5.84 Å². The summed E-state index contributed by atoms with van der Waals surface area (Å²) in [5.74, 6) is 6.77. The van der Waals surface area contributed by atoms with Crippen LogP contribution in [-0.2, 0) is 0 Å². The Morgan fingerprint density at radius 3 is 2.38 bits per heavy atom. The first-order chi connectivity index (χ1) is 7.78. The monoisotopic (exact) mass is 215 g/mol. The highest BCUT2D eigenvalue weighted by atomic mass is 16.5. The third kappa shape index (κ3) is 2.43. The van der Waals surface area contributed by atoms with Crippen LogP contribution in [0, 0.1) is 0 Å². The van der Waals surface area contributed by atoms with Crippen LogP contribution < -0.4 is 21.7 Å². The zero-order valence-electron chi connectivity index (χ0n) is 8.68. The fourth-order valence-corrected chi connectivity index (χ4v) is 1.32. The van der Waals surface area contributed by atoms with Crippen molar-refractivity contribution in [1.29, 1.82) is 0 Å². The minimum absolute atomic E-state index is 0.713. The second-order valence-electron chi connectivity index (χ2n) is 3.34. The maximum Gasteiger partial charge on any atom is 0.129 e. The number of rotatable bonds is 3. The lowest BCUT2D eigenvalue weighted by molar-refractivity contribution is 0.483. The molecule has 2 rings (SSSR count). The summed E-state index contributed by atoms with van der Waals surface area (Å²) in [7, 11) is 0. The van der Waals surface area contributed by atoms with E-state index in [0.29, 0.717) is 5.69 Å². The maximum atomic E-state index is 5.62. The molecule has 0 bridgehead atoms. The van der Waals surface area contributed by atoms with Crippen LogP contribution in [0.4, 0.5) is 11.4 Å². The summed E-state index contributed by atoms with van der Waals surface area (Å²) in [6.07, 6.45) is 0. The van der Waals surface area contributed by atoms with Crippen molar-refractivity contribution >= 4 is 11.4 Å². The van der Waals surface area contributed by atoms with Gasteiger partial charge in [-0.3, -0.25) is 5.84 Å². The van der Waals surface area contributed by atoms with Crippen molar-refractivity contribution in [1.82, 2.24) is 0 Å². The summed E-state index contributed by atoms with van der Waals surface area (Å²) in [6.45, 7) is 0. The van der Waals surface area contributed by atoms with Gasteiger partial charge in [-0.15, -0.1) is 0 Å². The number of hydrazine groups is 1.